The van der Waals surface area contributed by atoms with Gasteiger partial charge in [0, 0.05) is 10.5 Å². The van der Waals surface area contributed by atoms with E-state index in [9.17, 15) is 0 Å². The number of benzene rings is 1. The van der Waals surface area contributed by atoms with E-state index in [1.807, 2.05) is 24.3 Å². The maximum Gasteiger partial charge on any atom is 0.0175 e. The van der Waals surface area contributed by atoms with Gasteiger partial charge in [-0.05, 0) is 23.6 Å². The highest BCUT2D eigenvalue weighted by Gasteiger charge is 1.84. The first kappa shape index (κ1) is 7.26. The van der Waals surface area contributed by atoms with E-state index in [0.717, 1.165) is 10.0 Å². The van der Waals surface area contributed by atoms with Crippen LogP contribution < -0.4 is 0 Å². The van der Waals surface area contributed by atoms with Crippen LogP contribution in [0.25, 0.3) is 6.08 Å². The summed E-state index contributed by atoms with van der Waals surface area (Å²) < 4.78 is 1.05. The fourth-order valence-electron chi connectivity index (χ4n) is 0.642. The molecule has 0 radical (unpaired) electrons. The largest absolute Gasteiger partial charge is 0.259 e. The highest BCUT2D eigenvalue weighted by atomic mass is 79.9. The van der Waals surface area contributed by atoms with Crippen LogP contribution in [-0.4, -0.2) is 5.87 Å². The Bertz CT molecular complexity index is 257. The van der Waals surface area contributed by atoms with E-state index in [-0.39, 0.29) is 0 Å². The first-order valence-electron chi connectivity index (χ1n) is 2.84. The summed E-state index contributed by atoms with van der Waals surface area (Å²) in [5.41, 5.74) is 0.998. The van der Waals surface area contributed by atoms with Crippen LogP contribution in [0.5, 0.6) is 0 Å². The number of hydrogen-bond donors (Lipinski definition) is 1. The molecule has 0 unspecified atom stereocenters. The van der Waals surface area contributed by atoms with Crippen LogP contribution in [-0.2, 0) is 0 Å². The van der Waals surface area contributed by atoms with Crippen molar-refractivity contribution in [3.63, 3.8) is 0 Å². The number of hydrogen-bond acceptors (Lipinski definition) is 1. The van der Waals surface area contributed by atoms with Crippen molar-refractivity contribution in [2.24, 2.45) is 0 Å². The van der Waals surface area contributed by atoms with Gasteiger partial charge in [-0.3, -0.25) is 5.41 Å². The Labute approximate surface area is 68.0 Å². The van der Waals surface area contributed by atoms with Crippen LogP contribution in [0.2, 0.25) is 0 Å². The van der Waals surface area contributed by atoms with E-state index >= 15 is 0 Å². The Kier molecular flexibility index (Phi) is 2.43. The van der Waals surface area contributed by atoms with Crippen molar-refractivity contribution in [2.75, 3.05) is 0 Å². The summed E-state index contributed by atoms with van der Waals surface area (Å²) in [7, 11) is 0. The molecule has 0 fully saturated rings. The zero-order chi connectivity index (χ0) is 7.40. The van der Waals surface area contributed by atoms with Gasteiger partial charge in [-0.15, -0.1) is 0 Å². The van der Waals surface area contributed by atoms with Crippen molar-refractivity contribution in [1.29, 1.82) is 5.41 Å². The van der Waals surface area contributed by atoms with E-state index in [1.165, 1.54) is 0 Å². The minimum atomic E-state index is 0.998. The third-order valence-corrected chi connectivity index (χ3v) is 1.64. The second-order valence-electron chi connectivity index (χ2n) is 1.84. The smallest absolute Gasteiger partial charge is 0.0175 e. The lowest BCUT2D eigenvalue weighted by Crippen LogP contribution is -1.69. The van der Waals surface area contributed by atoms with E-state index in [4.69, 9.17) is 5.41 Å². The Hall–Kier alpha value is -0.850. The first-order valence-corrected chi connectivity index (χ1v) is 3.63. The fraction of sp³-hybridized carbons (Fsp3) is 0. The van der Waals surface area contributed by atoms with Gasteiger partial charge in [0.25, 0.3) is 0 Å². The lowest BCUT2D eigenvalue weighted by molar-refractivity contribution is 1.59. The molecule has 1 aromatic carbocycles. The Balaban J connectivity index is 3.00. The molecule has 0 amide bonds. The molecule has 0 aliphatic carbocycles. The maximum atomic E-state index is 6.68. The van der Waals surface area contributed by atoms with E-state index in [1.54, 1.807) is 6.08 Å². The molecular formula is C8H6BrN. The minimum Gasteiger partial charge on any atom is -0.259 e. The molecule has 0 saturated heterocycles. The SMILES string of the molecule is N=C=Cc1ccc(Br)cc1. The van der Waals surface area contributed by atoms with Crippen molar-refractivity contribution in [3.05, 3.63) is 34.3 Å². The normalized spacial score (nSPS) is 8.50. The Morgan fingerprint density at radius 1 is 1.30 bits per heavy atom. The molecule has 0 atom stereocenters. The summed E-state index contributed by atoms with van der Waals surface area (Å²) in [6, 6.07) is 7.71. The predicted octanol–water partition coefficient (Wildman–Crippen LogP) is 2.71. The number of halogens is 1. The molecule has 2 heteroatoms. The second-order valence-corrected chi connectivity index (χ2v) is 2.76. The average Bonchev–Trinajstić information content (AvgIpc) is 1.95. The zero-order valence-electron chi connectivity index (χ0n) is 5.26. The van der Waals surface area contributed by atoms with Crippen LogP contribution in [0.4, 0.5) is 0 Å². The zero-order valence-corrected chi connectivity index (χ0v) is 6.85. The van der Waals surface area contributed by atoms with Crippen molar-refractivity contribution in [3.8, 4) is 0 Å². The van der Waals surface area contributed by atoms with E-state index in [0.29, 0.717) is 0 Å². The topological polar surface area (TPSA) is 23.9 Å². The molecule has 1 aromatic rings. The fourth-order valence-corrected chi connectivity index (χ4v) is 0.907. The van der Waals surface area contributed by atoms with Crippen molar-refractivity contribution < 1.29 is 0 Å². The molecular weight excluding hydrogens is 190 g/mol. The van der Waals surface area contributed by atoms with Crippen molar-refractivity contribution >= 4 is 27.9 Å². The molecule has 0 bridgehead atoms. The molecule has 50 valence electrons. The van der Waals surface area contributed by atoms with E-state index < -0.39 is 0 Å². The van der Waals surface area contributed by atoms with Crippen LogP contribution in [0.3, 0.4) is 0 Å². The lowest BCUT2D eigenvalue weighted by Gasteiger charge is -1.89. The highest BCUT2D eigenvalue weighted by Crippen LogP contribution is 2.10. The standard InChI is InChI=1S/C8H6BrN/c9-8-3-1-7(2-4-8)5-6-10/h1-5,10H. The Morgan fingerprint density at radius 3 is 2.40 bits per heavy atom. The Morgan fingerprint density at radius 2 is 1.90 bits per heavy atom. The van der Waals surface area contributed by atoms with Gasteiger partial charge in [0.05, 0.1) is 0 Å². The van der Waals surface area contributed by atoms with Crippen molar-refractivity contribution in [2.45, 2.75) is 0 Å². The molecule has 0 saturated carbocycles. The summed E-state index contributed by atoms with van der Waals surface area (Å²) in [6.07, 6.45) is 1.62. The molecule has 1 N–H and O–H groups in total. The number of nitrogens with one attached hydrogen (secondary N) is 1. The van der Waals surface area contributed by atoms with Gasteiger partial charge >= 0.3 is 0 Å². The summed E-state index contributed by atoms with van der Waals surface area (Å²) in [5, 5.41) is 6.68. The van der Waals surface area contributed by atoms with Crippen LogP contribution in [0.1, 0.15) is 5.56 Å². The highest BCUT2D eigenvalue weighted by molar-refractivity contribution is 9.10. The summed E-state index contributed by atoms with van der Waals surface area (Å²) in [5.74, 6) is 2.21. The van der Waals surface area contributed by atoms with Gasteiger partial charge in [-0.1, -0.05) is 28.1 Å². The third kappa shape index (κ3) is 1.83. The van der Waals surface area contributed by atoms with Gasteiger partial charge < -0.3 is 0 Å². The van der Waals surface area contributed by atoms with Gasteiger partial charge in [0.1, 0.15) is 0 Å². The molecule has 1 nitrogen and oxygen atoms in total. The van der Waals surface area contributed by atoms with Gasteiger partial charge in [-0.2, -0.15) is 0 Å². The lowest BCUT2D eigenvalue weighted by atomic mass is 10.2. The molecule has 0 aliphatic rings. The minimum absolute atomic E-state index is 0.998. The molecule has 1 rings (SSSR count). The summed E-state index contributed by atoms with van der Waals surface area (Å²) in [6.45, 7) is 0. The van der Waals surface area contributed by atoms with Crippen LogP contribution in [0.15, 0.2) is 28.7 Å². The van der Waals surface area contributed by atoms with Crippen LogP contribution in [0, 0.1) is 5.41 Å². The first-order chi connectivity index (χ1) is 4.83. The quantitative estimate of drug-likeness (QED) is 0.667. The van der Waals surface area contributed by atoms with Crippen LogP contribution >= 0.6 is 15.9 Å². The molecule has 0 heterocycles. The predicted molar refractivity (Wildman–Crippen MR) is 46.3 cm³/mol. The summed E-state index contributed by atoms with van der Waals surface area (Å²) >= 11 is 3.32. The third-order valence-electron chi connectivity index (χ3n) is 1.11. The molecule has 0 aliphatic heterocycles. The summed E-state index contributed by atoms with van der Waals surface area (Å²) in [4.78, 5) is 0. The van der Waals surface area contributed by atoms with Gasteiger partial charge in [0.15, 0.2) is 0 Å². The second kappa shape index (κ2) is 3.35. The molecule has 10 heavy (non-hydrogen) atoms. The van der Waals surface area contributed by atoms with Crippen molar-refractivity contribution in [1.82, 2.24) is 0 Å². The average molecular weight is 196 g/mol. The van der Waals surface area contributed by atoms with Gasteiger partial charge in [0.2, 0.25) is 0 Å². The maximum absolute atomic E-state index is 6.68. The monoisotopic (exact) mass is 195 g/mol. The molecule has 0 aromatic heterocycles. The molecule has 0 spiro atoms. The van der Waals surface area contributed by atoms with Gasteiger partial charge in [-0.25, -0.2) is 0 Å². The number of rotatable bonds is 1. The van der Waals surface area contributed by atoms with E-state index in [2.05, 4.69) is 21.8 Å².